The summed E-state index contributed by atoms with van der Waals surface area (Å²) >= 11 is 4.54. The van der Waals surface area contributed by atoms with E-state index in [0.29, 0.717) is 10.8 Å². The highest BCUT2D eigenvalue weighted by Gasteiger charge is 2.37. The van der Waals surface area contributed by atoms with Crippen molar-refractivity contribution in [1.82, 2.24) is 5.32 Å². The molecule has 2 rings (SSSR count). The van der Waals surface area contributed by atoms with Crippen LogP contribution in [0.4, 0.5) is 0 Å². The smallest absolute Gasteiger partial charge is 0.0288 e. The van der Waals surface area contributed by atoms with Crippen molar-refractivity contribution in [3.8, 4) is 0 Å². The Labute approximate surface area is 135 Å². The average Bonchev–Trinajstić information content (AvgIpc) is 2.85. The van der Waals surface area contributed by atoms with Gasteiger partial charge in [-0.2, -0.15) is 11.8 Å². The van der Waals surface area contributed by atoms with Gasteiger partial charge in [-0.25, -0.2) is 0 Å². The van der Waals surface area contributed by atoms with Gasteiger partial charge in [-0.05, 0) is 85.2 Å². The molecule has 106 valence electrons. The van der Waals surface area contributed by atoms with E-state index in [-0.39, 0.29) is 0 Å². The Morgan fingerprint density at radius 1 is 1.37 bits per heavy atom. The van der Waals surface area contributed by atoms with E-state index in [1.54, 1.807) is 0 Å². The summed E-state index contributed by atoms with van der Waals surface area (Å²) in [6, 6.07) is 9.60. The van der Waals surface area contributed by atoms with Crippen LogP contribution >= 0.6 is 34.4 Å². The summed E-state index contributed by atoms with van der Waals surface area (Å²) in [5.41, 5.74) is 1.46. The van der Waals surface area contributed by atoms with Crippen LogP contribution in [-0.2, 0) is 6.42 Å². The van der Waals surface area contributed by atoms with Gasteiger partial charge in [0.1, 0.15) is 0 Å². The lowest BCUT2D eigenvalue weighted by Crippen LogP contribution is -2.47. The second-order valence-electron chi connectivity index (χ2n) is 5.60. The number of nitrogens with one attached hydrogen (secondary N) is 1. The van der Waals surface area contributed by atoms with Crippen LogP contribution in [0, 0.1) is 3.57 Å². The molecule has 0 spiro atoms. The predicted molar refractivity (Wildman–Crippen MR) is 95.0 cm³/mol. The summed E-state index contributed by atoms with van der Waals surface area (Å²) in [5, 5.41) is 3.79. The van der Waals surface area contributed by atoms with Crippen LogP contribution in [0.25, 0.3) is 0 Å². The van der Waals surface area contributed by atoms with Crippen LogP contribution in [0.15, 0.2) is 24.3 Å². The van der Waals surface area contributed by atoms with Crippen molar-refractivity contribution in [2.75, 3.05) is 12.3 Å². The molecule has 19 heavy (non-hydrogen) atoms. The van der Waals surface area contributed by atoms with Crippen molar-refractivity contribution in [2.24, 2.45) is 0 Å². The Bertz CT molecular complexity index is 384. The molecule has 1 N–H and O–H groups in total. The molecule has 2 unspecified atom stereocenters. The molecule has 0 aliphatic carbocycles. The lowest BCUT2D eigenvalue weighted by molar-refractivity contribution is 0.399. The molecule has 1 saturated heterocycles. The summed E-state index contributed by atoms with van der Waals surface area (Å²) in [5.74, 6) is 1.33. The summed E-state index contributed by atoms with van der Waals surface area (Å²) in [4.78, 5) is 0. The Morgan fingerprint density at radius 3 is 2.68 bits per heavy atom. The molecule has 1 nitrogen and oxygen atoms in total. The fourth-order valence-corrected chi connectivity index (χ4v) is 4.53. The highest BCUT2D eigenvalue weighted by molar-refractivity contribution is 14.1. The zero-order chi connectivity index (χ0) is 13.7. The van der Waals surface area contributed by atoms with Crippen molar-refractivity contribution in [3.63, 3.8) is 0 Å². The standard InChI is InChI=1S/C16H24INS/c1-3-10-18-15(16(2)9-4-11-19-16)12-13-5-7-14(17)8-6-13/h5-8,15,18H,3-4,9-12H2,1-2H3. The minimum atomic E-state index is 0.415. The zero-order valence-electron chi connectivity index (χ0n) is 11.9. The normalized spacial score (nSPS) is 24.6. The Kier molecular flexibility index (Phi) is 6.03. The summed E-state index contributed by atoms with van der Waals surface area (Å²) < 4.78 is 1.74. The second kappa shape index (κ2) is 7.32. The topological polar surface area (TPSA) is 12.0 Å². The molecule has 1 aliphatic heterocycles. The van der Waals surface area contributed by atoms with Crippen molar-refractivity contribution >= 4 is 34.4 Å². The molecule has 0 aromatic heterocycles. The van der Waals surface area contributed by atoms with Crippen LogP contribution in [-0.4, -0.2) is 23.1 Å². The molecule has 1 aliphatic rings. The average molecular weight is 389 g/mol. The maximum absolute atomic E-state index is 3.79. The van der Waals surface area contributed by atoms with Gasteiger partial charge in [0.15, 0.2) is 0 Å². The first kappa shape index (κ1) is 15.6. The summed E-state index contributed by atoms with van der Waals surface area (Å²) in [7, 11) is 0. The maximum atomic E-state index is 3.79. The summed E-state index contributed by atoms with van der Waals surface area (Å²) in [6.45, 7) is 5.83. The number of hydrogen-bond donors (Lipinski definition) is 1. The van der Waals surface area contributed by atoms with Crippen molar-refractivity contribution in [2.45, 2.75) is 50.3 Å². The minimum absolute atomic E-state index is 0.415. The van der Waals surface area contributed by atoms with Gasteiger partial charge in [-0.3, -0.25) is 0 Å². The number of hydrogen-bond acceptors (Lipinski definition) is 2. The molecule has 3 heteroatoms. The van der Waals surface area contributed by atoms with Gasteiger partial charge in [0.25, 0.3) is 0 Å². The largest absolute Gasteiger partial charge is 0.312 e. The van der Waals surface area contributed by atoms with Gasteiger partial charge < -0.3 is 5.32 Å². The van der Waals surface area contributed by atoms with E-state index in [9.17, 15) is 0 Å². The van der Waals surface area contributed by atoms with E-state index in [4.69, 9.17) is 0 Å². The predicted octanol–water partition coefficient (Wildman–Crippen LogP) is 4.49. The van der Waals surface area contributed by atoms with Gasteiger partial charge in [0.2, 0.25) is 0 Å². The van der Waals surface area contributed by atoms with Gasteiger partial charge in [0, 0.05) is 14.4 Å². The molecule has 0 saturated carbocycles. The molecule has 2 atom stereocenters. The lowest BCUT2D eigenvalue weighted by atomic mass is 9.90. The van der Waals surface area contributed by atoms with Gasteiger partial charge >= 0.3 is 0 Å². The molecular weight excluding hydrogens is 365 g/mol. The van der Waals surface area contributed by atoms with Crippen LogP contribution in [0.1, 0.15) is 38.7 Å². The highest BCUT2D eigenvalue weighted by atomic mass is 127. The third-order valence-corrected chi connectivity index (χ3v) is 6.34. The van der Waals surface area contributed by atoms with E-state index in [1.807, 2.05) is 0 Å². The van der Waals surface area contributed by atoms with E-state index in [0.717, 1.165) is 13.0 Å². The van der Waals surface area contributed by atoms with E-state index in [1.165, 1.54) is 34.1 Å². The van der Waals surface area contributed by atoms with Crippen molar-refractivity contribution in [1.29, 1.82) is 0 Å². The Morgan fingerprint density at radius 2 is 2.11 bits per heavy atom. The van der Waals surface area contributed by atoms with E-state index >= 15 is 0 Å². The molecule has 0 radical (unpaired) electrons. The fraction of sp³-hybridized carbons (Fsp3) is 0.625. The summed E-state index contributed by atoms with van der Waals surface area (Å²) in [6.07, 6.45) is 5.09. The molecule has 0 bridgehead atoms. The third kappa shape index (κ3) is 4.36. The van der Waals surface area contributed by atoms with Crippen molar-refractivity contribution < 1.29 is 0 Å². The number of benzene rings is 1. The first-order valence-electron chi connectivity index (χ1n) is 7.26. The van der Waals surface area contributed by atoms with Crippen LogP contribution in [0.3, 0.4) is 0 Å². The zero-order valence-corrected chi connectivity index (χ0v) is 14.9. The van der Waals surface area contributed by atoms with Gasteiger partial charge in [-0.1, -0.05) is 19.1 Å². The third-order valence-electron chi connectivity index (χ3n) is 3.98. The highest BCUT2D eigenvalue weighted by Crippen LogP contribution is 2.41. The van der Waals surface area contributed by atoms with E-state index < -0.39 is 0 Å². The molecule has 0 amide bonds. The van der Waals surface area contributed by atoms with Gasteiger partial charge in [0.05, 0.1) is 0 Å². The van der Waals surface area contributed by atoms with Crippen LogP contribution in [0.2, 0.25) is 0 Å². The molecular formula is C16H24INS. The second-order valence-corrected chi connectivity index (χ2v) is 8.48. The molecule has 1 aromatic carbocycles. The molecule has 1 heterocycles. The first-order valence-corrected chi connectivity index (χ1v) is 9.32. The van der Waals surface area contributed by atoms with E-state index in [2.05, 4.69) is 77.8 Å². The number of thioether (sulfide) groups is 1. The Balaban J connectivity index is 2.06. The van der Waals surface area contributed by atoms with Crippen molar-refractivity contribution in [3.05, 3.63) is 33.4 Å². The minimum Gasteiger partial charge on any atom is -0.312 e. The Hall–Kier alpha value is 0.260. The lowest BCUT2D eigenvalue weighted by Gasteiger charge is -2.34. The SMILES string of the molecule is CCCNC(Cc1ccc(I)cc1)C1(C)CCCS1. The van der Waals surface area contributed by atoms with Gasteiger partial charge in [-0.15, -0.1) is 0 Å². The van der Waals surface area contributed by atoms with Crippen LogP contribution < -0.4 is 5.32 Å². The first-order chi connectivity index (χ1) is 9.14. The molecule has 1 fully saturated rings. The molecule has 1 aromatic rings. The monoisotopic (exact) mass is 389 g/mol. The van der Waals surface area contributed by atoms with Crippen LogP contribution in [0.5, 0.6) is 0 Å². The fourth-order valence-electron chi connectivity index (χ4n) is 2.75. The quantitative estimate of drug-likeness (QED) is 0.720. The number of halogens is 1. The number of rotatable bonds is 6. The maximum Gasteiger partial charge on any atom is 0.0288 e.